The Bertz CT molecular complexity index is 639. The number of nitrogens with one attached hydrogen (secondary N) is 1. The summed E-state index contributed by atoms with van der Waals surface area (Å²) in [6.45, 7) is 5.82. The Hall–Kier alpha value is -1.88. The minimum Gasteiger partial charge on any atom is -0.491 e. The number of pyridine rings is 1. The lowest BCUT2D eigenvalue weighted by Crippen LogP contribution is -2.14. The Kier molecular flexibility index (Phi) is 4.96. The highest BCUT2D eigenvalue weighted by atomic mass is 79.9. The third kappa shape index (κ3) is 4.29. The first-order valence-electron chi connectivity index (χ1n) is 6.66. The van der Waals surface area contributed by atoms with Gasteiger partial charge in [0.15, 0.2) is 0 Å². The predicted molar refractivity (Wildman–Crippen MR) is 86.8 cm³/mol. The minimum absolute atomic E-state index is 0.110. The van der Waals surface area contributed by atoms with Gasteiger partial charge in [-0.1, -0.05) is 0 Å². The van der Waals surface area contributed by atoms with Gasteiger partial charge >= 0.3 is 0 Å². The van der Waals surface area contributed by atoms with E-state index in [2.05, 4.69) is 26.2 Å². The van der Waals surface area contributed by atoms with Crippen LogP contribution in [0.15, 0.2) is 41.0 Å². The second kappa shape index (κ2) is 6.72. The molecule has 0 spiro atoms. The van der Waals surface area contributed by atoms with Gasteiger partial charge in [-0.25, -0.2) is 4.98 Å². The molecule has 1 amide bonds. The van der Waals surface area contributed by atoms with Crippen LogP contribution < -0.4 is 10.1 Å². The van der Waals surface area contributed by atoms with Crippen LogP contribution in [0.2, 0.25) is 0 Å². The van der Waals surface area contributed by atoms with Gasteiger partial charge in [0, 0.05) is 16.2 Å². The Morgan fingerprint density at radius 1 is 1.29 bits per heavy atom. The molecule has 0 aliphatic heterocycles. The number of nitrogens with zero attached hydrogens (tertiary/aromatic N) is 1. The fraction of sp³-hybridized carbons (Fsp3) is 0.250. The Balaban J connectivity index is 2.09. The first-order valence-corrected chi connectivity index (χ1v) is 7.45. The molecule has 21 heavy (non-hydrogen) atoms. The Labute approximate surface area is 132 Å². The highest BCUT2D eigenvalue weighted by molar-refractivity contribution is 9.10. The van der Waals surface area contributed by atoms with Gasteiger partial charge in [-0.05, 0) is 72.6 Å². The van der Waals surface area contributed by atoms with Crippen LogP contribution in [0.25, 0.3) is 0 Å². The molecule has 1 aromatic carbocycles. The number of anilines is 1. The second-order valence-corrected chi connectivity index (χ2v) is 5.88. The van der Waals surface area contributed by atoms with Crippen molar-refractivity contribution in [2.24, 2.45) is 0 Å². The van der Waals surface area contributed by atoms with Crippen LogP contribution in [0.4, 0.5) is 5.82 Å². The summed E-state index contributed by atoms with van der Waals surface area (Å²) in [6.07, 6.45) is 1.77. The number of hydrogen-bond donors (Lipinski definition) is 1. The first-order chi connectivity index (χ1) is 9.95. The quantitative estimate of drug-likeness (QED) is 0.900. The molecule has 5 heteroatoms. The van der Waals surface area contributed by atoms with E-state index in [1.54, 1.807) is 30.5 Å². The maximum absolute atomic E-state index is 12.2. The molecule has 0 bridgehead atoms. The molecule has 2 aromatic rings. The number of benzene rings is 1. The maximum atomic E-state index is 12.2. The van der Waals surface area contributed by atoms with Crippen molar-refractivity contribution in [3.63, 3.8) is 0 Å². The van der Waals surface area contributed by atoms with E-state index in [1.807, 2.05) is 26.8 Å². The normalized spacial score (nSPS) is 10.5. The largest absolute Gasteiger partial charge is 0.491 e. The Morgan fingerprint density at radius 3 is 2.52 bits per heavy atom. The molecule has 0 saturated heterocycles. The van der Waals surface area contributed by atoms with Gasteiger partial charge in [-0.15, -0.1) is 0 Å². The number of hydrogen-bond acceptors (Lipinski definition) is 3. The van der Waals surface area contributed by atoms with Gasteiger partial charge in [0.2, 0.25) is 0 Å². The zero-order valence-electron chi connectivity index (χ0n) is 12.2. The van der Waals surface area contributed by atoms with Gasteiger partial charge in [0.05, 0.1) is 6.10 Å². The number of ether oxygens (including phenoxy) is 1. The molecule has 1 aromatic heterocycles. The molecule has 0 unspecified atom stereocenters. The van der Waals surface area contributed by atoms with Crippen LogP contribution in [0, 0.1) is 6.92 Å². The van der Waals surface area contributed by atoms with Gasteiger partial charge in [-0.3, -0.25) is 4.79 Å². The molecule has 1 heterocycles. The number of aromatic nitrogens is 1. The summed E-state index contributed by atoms with van der Waals surface area (Å²) in [4.78, 5) is 16.4. The smallest absolute Gasteiger partial charge is 0.256 e. The van der Waals surface area contributed by atoms with E-state index < -0.39 is 0 Å². The molecule has 0 saturated carbocycles. The van der Waals surface area contributed by atoms with Crippen LogP contribution in [0.3, 0.4) is 0 Å². The van der Waals surface area contributed by atoms with Crippen molar-refractivity contribution in [2.75, 3.05) is 5.32 Å². The monoisotopic (exact) mass is 348 g/mol. The summed E-state index contributed by atoms with van der Waals surface area (Å²) in [5.41, 5.74) is 1.47. The zero-order chi connectivity index (χ0) is 15.4. The molecular weight excluding hydrogens is 332 g/mol. The van der Waals surface area contributed by atoms with Crippen LogP contribution in [-0.2, 0) is 0 Å². The van der Waals surface area contributed by atoms with E-state index in [1.165, 1.54) is 0 Å². The molecule has 110 valence electrons. The van der Waals surface area contributed by atoms with E-state index in [4.69, 9.17) is 4.74 Å². The third-order valence-corrected chi connectivity index (χ3v) is 3.20. The highest BCUT2D eigenvalue weighted by Gasteiger charge is 2.09. The molecule has 2 rings (SSSR count). The Morgan fingerprint density at radius 2 is 1.95 bits per heavy atom. The molecule has 0 radical (unpaired) electrons. The lowest BCUT2D eigenvalue weighted by molar-refractivity contribution is 0.102. The van der Waals surface area contributed by atoms with E-state index in [-0.39, 0.29) is 12.0 Å². The van der Waals surface area contributed by atoms with Gasteiger partial charge < -0.3 is 10.1 Å². The molecule has 4 nitrogen and oxygen atoms in total. The van der Waals surface area contributed by atoms with Gasteiger partial charge in [0.25, 0.3) is 5.91 Å². The fourth-order valence-corrected chi connectivity index (χ4v) is 2.25. The number of carbonyl (C=O) groups excluding carboxylic acids is 1. The van der Waals surface area contributed by atoms with Crippen molar-refractivity contribution in [3.8, 4) is 5.75 Å². The van der Waals surface area contributed by atoms with Crippen molar-refractivity contribution in [2.45, 2.75) is 26.9 Å². The molecule has 1 N–H and O–H groups in total. The van der Waals surface area contributed by atoms with Gasteiger partial charge in [0.1, 0.15) is 11.6 Å². The molecular formula is C16H17BrN2O2. The number of rotatable bonds is 4. The van der Waals surface area contributed by atoms with E-state index >= 15 is 0 Å². The van der Waals surface area contributed by atoms with Gasteiger partial charge in [-0.2, -0.15) is 0 Å². The second-order valence-electron chi connectivity index (χ2n) is 4.96. The van der Waals surface area contributed by atoms with Crippen molar-refractivity contribution >= 4 is 27.7 Å². The summed E-state index contributed by atoms with van der Waals surface area (Å²) >= 11 is 3.35. The number of aryl methyl sites for hydroxylation is 1. The number of carbonyl (C=O) groups is 1. The standard InChI is InChI=1S/C16H17BrN2O2/c1-10(2)21-14-6-4-12(5-7-14)16(20)19-15-11(3)8-13(17)9-18-15/h4-10H,1-3H3,(H,18,19,20). The van der Waals surface area contributed by atoms with Crippen molar-refractivity contribution in [1.29, 1.82) is 0 Å². The van der Waals surface area contributed by atoms with Crippen molar-refractivity contribution in [1.82, 2.24) is 4.98 Å². The van der Waals surface area contributed by atoms with Crippen LogP contribution in [-0.4, -0.2) is 17.0 Å². The average Bonchev–Trinajstić information content (AvgIpc) is 2.42. The zero-order valence-corrected chi connectivity index (χ0v) is 13.8. The number of halogens is 1. The van der Waals surface area contributed by atoms with E-state index in [0.29, 0.717) is 11.4 Å². The summed E-state index contributed by atoms with van der Waals surface area (Å²) in [5.74, 6) is 1.12. The average molecular weight is 349 g/mol. The lowest BCUT2D eigenvalue weighted by atomic mass is 10.2. The van der Waals surface area contributed by atoms with Crippen molar-refractivity contribution in [3.05, 3.63) is 52.1 Å². The fourth-order valence-electron chi connectivity index (χ4n) is 1.81. The summed E-state index contributed by atoms with van der Waals surface area (Å²) in [7, 11) is 0. The van der Waals surface area contributed by atoms with Crippen LogP contribution in [0.1, 0.15) is 29.8 Å². The maximum Gasteiger partial charge on any atom is 0.256 e. The molecule has 0 aliphatic carbocycles. The lowest BCUT2D eigenvalue weighted by Gasteiger charge is -2.10. The topological polar surface area (TPSA) is 51.2 Å². The highest BCUT2D eigenvalue weighted by Crippen LogP contribution is 2.18. The molecule has 0 aliphatic rings. The summed E-state index contributed by atoms with van der Waals surface area (Å²) < 4.78 is 6.43. The van der Waals surface area contributed by atoms with E-state index in [0.717, 1.165) is 15.8 Å². The molecule has 0 fully saturated rings. The van der Waals surface area contributed by atoms with Crippen LogP contribution >= 0.6 is 15.9 Å². The van der Waals surface area contributed by atoms with Crippen LogP contribution in [0.5, 0.6) is 5.75 Å². The summed E-state index contributed by atoms with van der Waals surface area (Å²) in [5, 5.41) is 2.80. The minimum atomic E-state index is -0.191. The van der Waals surface area contributed by atoms with Crippen molar-refractivity contribution < 1.29 is 9.53 Å². The molecule has 0 atom stereocenters. The SMILES string of the molecule is Cc1cc(Br)cnc1NC(=O)c1ccc(OC(C)C)cc1. The first kappa shape index (κ1) is 15.5. The number of amides is 1. The predicted octanol–water partition coefficient (Wildman–Crippen LogP) is 4.19. The summed E-state index contributed by atoms with van der Waals surface area (Å²) in [6, 6.07) is 8.96. The third-order valence-electron chi connectivity index (χ3n) is 2.77. The van der Waals surface area contributed by atoms with E-state index in [9.17, 15) is 4.79 Å².